The summed E-state index contributed by atoms with van der Waals surface area (Å²) in [6.45, 7) is 4.89. The molecule has 0 aliphatic carbocycles. The first-order valence-corrected chi connectivity index (χ1v) is 6.10. The van der Waals surface area contributed by atoms with Gasteiger partial charge in [-0.25, -0.2) is 0 Å². The zero-order valence-electron chi connectivity index (χ0n) is 9.97. The van der Waals surface area contributed by atoms with Gasteiger partial charge in [-0.05, 0) is 11.1 Å². The van der Waals surface area contributed by atoms with Crippen molar-refractivity contribution in [3.63, 3.8) is 0 Å². The van der Waals surface area contributed by atoms with Gasteiger partial charge in [0.1, 0.15) is 6.10 Å². The van der Waals surface area contributed by atoms with E-state index < -0.39 is 6.10 Å². The summed E-state index contributed by atoms with van der Waals surface area (Å²) in [5.74, 6) is 0. The molecule has 1 atom stereocenters. The molecule has 4 heteroatoms. The Morgan fingerprint density at radius 2 is 2.06 bits per heavy atom. The summed E-state index contributed by atoms with van der Waals surface area (Å²) in [5.41, 5.74) is 1.98. The van der Waals surface area contributed by atoms with Crippen molar-refractivity contribution in [3.05, 3.63) is 35.4 Å². The van der Waals surface area contributed by atoms with E-state index in [0.29, 0.717) is 0 Å². The first-order valence-electron chi connectivity index (χ1n) is 6.10. The second kappa shape index (κ2) is 6.12. The highest BCUT2D eigenvalue weighted by atomic mass is 16.3. The third-order valence-electron chi connectivity index (χ3n) is 3.12. The van der Waals surface area contributed by atoms with E-state index in [1.807, 2.05) is 18.2 Å². The minimum absolute atomic E-state index is 0.225. The third kappa shape index (κ3) is 3.51. The van der Waals surface area contributed by atoms with Gasteiger partial charge in [-0.3, -0.25) is 4.90 Å². The summed E-state index contributed by atoms with van der Waals surface area (Å²) in [5, 5.41) is 21.8. The number of piperazine rings is 1. The van der Waals surface area contributed by atoms with E-state index >= 15 is 0 Å². The van der Waals surface area contributed by atoms with E-state index in [1.165, 1.54) is 5.56 Å². The van der Waals surface area contributed by atoms with Crippen molar-refractivity contribution >= 4 is 0 Å². The van der Waals surface area contributed by atoms with Crippen LogP contribution in [0, 0.1) is 0 Å². The van der Waals surface area contributed by atoms with Gasteiger partial charge in [0.15, 0.2) is 0 Å². The summed E-state index contributed by atoms with van der Waals surface area (Å²) in [6, 6.07) is 7.83. The normalized spacial score (nSPS) is 19.2. The van der Waals surface area contributed by atoms with Crippen molar-refractivity contribution in [2.75, 3.05) is 32.8 Å². The Bertz CT molecular complexity index is 351. The number of benzene rings is 1. The lowest BCUT2D eigenvalue weighted by atomic mass is 10.1. The number of hydrogen-bond acceptors (Lipinski definition) is 4. The second-order valence-corrected chi connectivity index (χ2v) is 4.47. The molecule has 1 unspecified atom stereocenters. The Kier molecular flexibility index (Phi) is 4.50. The van der Waals surface area contributed by atoms with Gasteiger partial charge in [-0.2, -0.15) is 0 Å². The van der Waals surface area contributed by atoms with Crippen LogP contribution in [0.4, 0.5) is 0 Å². The van der Waals surface area contributed by atoms with Gasteiger partial charge in [0.05, 0.1) is 6.61 Å². The number of hydrogen-bond donors (Lipinski definition) is 3. The Hall–Kier alpha value is -0.940. The maximum Gasteiger partial charge on any atom is 0.102 e. The summed E-state index contributed by atoms with van der Waals surface area (Å²) in [4.78, 5) is 2.39. The smallest absolute Gasteiger partial charge is 0.102 e. The highest BCUT2D eigenvalue weighted by Gasteiger charge is 2.11. The van der Waals surface area contributed by atoms with Gasteiger partial charge in [0.2, 0.25) is 0 Å². The lowest BCUT2D eigenvalue weighted by Gasteiger charge is -2.27. The van der Waals surface area contributed by atoms with Crippen LogP contribution in [0.25, 0.3) is 0 Å². The molecule has 0 spiro atoms. The molecule has 1 heterocycles. The van der Waals surface area contributed by atoms with E-state index in [0.717, 1.165) is 38.3 Å². The van der Waals surface area contributed by atoms with Crippen molar-refractivity contribution in [1.29, 1.82) is 0 Å². The van der Waals surface area contributed by atoms with Crippen LogP contribution in [0.15, 0.2) is 24.3 Å². The summed E-state index contributed by atoms with van der Waals surface area (Å²) in [6.07, 6.45) is -0.766. The first-order chi connectivity index (χ1) is 8.29. The summed E-state index contributed by atoms with van der Waals surface area (Å²) in [7, 11) is 0. The van der Waals surface area contributed by atoms with Gasteiger partial charge >= 0.3 is 0 Å². The topological polar surface area (TPSA) is 55.7 Å². The predicted molar refractivity (Wildman–Crippen MR) is 66.6 cm³/mol. The molecule has 0 saturated carbocycles. The van der Waals surface area contributed by atoms with Crippen molar-refractivity contribution in [2.45, 2.75) is 12.6 Å². The molecule has 17 heavy (non-hydrogen) atoms. The van der Waals surface area contributed by atoms with Crippen LogP contribution >= 0.6 is 0 Å². The fourth-order valence-electron chi connectivity index (χ4n) is 2.13. The number of aliphatic hydroxyl groups is 2. The van der Waals surface area contributed by atoms with E-state index in [2.05, 4.69) is 16.3 Å². The van der Waals surface area contributed by atoms with E-state index in [-0.39, 0.29) is 6.61 Å². The standard InChI is InChI=1S/C13H20N2O2/c16-10-13(17)12-3-1-2-11(8-12)9-15-6-4-14-5-7-15/h1-3,8,13-14,16-17H,4-7,9-10H2. The minimum atomic E-state index is -0.766. The van der Waals surface area contributed by atoms with Crippen molar-refractivity contribution in [2.24, 2.45) is 0 Å². The van der Waals surface area contributed by atoms with E-state index in [9.17, 15) is 5.11 Å². The van der Waals surface area contributed by atoms with Gasteiger partial charge in [0.25, 0.3) is 0 Å². The summed E-state index contributed by atoms with van der Waals surface area (Å²) < 4.78 is 0. The zero-order chi connectivity index (χ0) is 12.1. The molecular formula is C13H20N2O2. The summed E-state index contributed by atoms with van der Waals surface area (Å²) >= 11 is 0. The highest BCUT2D eigenvalue weighted by molar-refractivity contribution is 5.25. The Balaban J connectivity index is 2.00. The Labute approximate surface area is 102 Å². The largest absolute Gasteiger partial charge is 0.393 e. The molecule has 1 aliphatic rings. The molecule has 1 aromatic rings. The average molecular weight is 236 g/mol. The average Bonchev–Trinajstić information content (AvgIpc) is 2.39. The molecule has 1 fully saturated rings. The fraction of sp³-hybridized carbons (Fsp3) is 0.538. The molecule has 0 amide bonds. The molecule has 4 nitrogen and oxygen atoms in total. The van der Waals surface area contributed by atoms with Crippen LogP contribution in [0.3, 0.4) is 0 Å². The van der Waals surface area contributed by atoms with Crippen LogP contribution in [0.5, 0.6) is 0 Å². The van der Waals surface area contributed by atoms with Crippen molar-refractivity contribution in [1.82, 2.24) is 10.2 Å². The SMILES string of the molecule is OCC(O)c1cccc(CN2CCNCC2)c1. The molecule has 1 aliphatic heterocycles. The number of aliphatic hydroxyl groups excluding tert-OH is 2. The Morgan fingerprint density at radius 1 is 1.29 bits per heavy atom. The number of nitrogens with one attached hydrogen (secondary N) is 1. The predicted octanol–water partition coefficient (Wildman–Crippen LogP) is 0.117. The molecule has 0 bridgehead atoms. The van der Waals surface area contributed by atoms with E-state index in [4.69, 9.17) is 5.11 Å². The third-order valence-corrected chi connectivity index (χ3v) is 3.12. The van der Waals surface area contributed by atoms with Crippen LogP contribution in [0.2, 0.25) is 0 Å². The minimum Gasteiger partial charge on any atom is -0.393 e. The van der Waals surface area contributed by atoms with E-state index in [1.54, 1.807) is 0 Å². The second-order valence-electron chi connectivity index (χ2n) is 4.47. The van der Waals surface area contributed by atoms with Crippen molar-refractivity contribution < 1.29 is 10.2 Å². The van der Waals surface area contributed by atoms with Crippen molar-refractivity contribution in [3.8, 4) is 0 Å². The molecule has 3 N–H and O–H groups in total. The number of rotatable bonds is 4. The van der Waals surface area contributed by atoms with Gasteiger partial charge in [-0.1, -0.05) is 24.3 Å². The quantitative estimate of drug-likeness (QED) is 0.695. The maximum atomic E-state index is 9.59. The molecule has 0 radical (unpaired) electrons. The number of nitrogens with zero attached hydrogens (tertiary/aromatic N) is 1. The fourth-order valence-corrected chi connectivity index (χ4v) is 2.13. The molecule has 0 aromatic heterocycles. The van der Waals surface area contributed by atoms with Gasteiger partial charge in [-0.15, -0.1) is 0 Å². The van der Waals surface area contributed by atoms with Gasteiger partial charge in [0, 0.05) is 32.7 Å². The Morgan fingerprint density at radius 3 is 2.76 bits per heavy atom. The highest BCUT2D eigenvalue weighted by Crippen LogP contribution is 2.15. The molecular weight excluding hydrogens is 216 g/mol. The lowest BCUT2D eigenvalue weighted by molar-refractivity contribution is 0.0955. The monoisotopic (exact) mass is 236 g/mol. The zero-order valence-corrected chi connectivity index (χ0v) is 9.97. The van der Waals surface area contributed by atoms with Crippen LogP contribution in [-0.2, 0) is 6.54 Å². The molecule has 2 rings (SSSR count). The lowest BCUT2D eigenvalue weighted by Crippen LogP contribution is -2.42. The molecule has 1 aromatic carbocycles. The maximum absolute atomic E-state index is 9.59. The van der Waals surface area contributed by atoms with Gasteiger partial charge < -0.3 is 15.5 Å². The van der Waals surface area contributed by atoms with Crippen LogP contribution in [-0.4, -0.2) is 47.9 Å². The first kappa shape index (κ1) is 12.5. The molecule has 94 valence electrons. The van der Waals surface area contributed by atoms with Crippen LogP contribution in [0.1, 0.15) is 17.2 Å². The molecule has 1 saturated heterocycles. The van der Waals surface area contributed by atoms with Crippen LogP contribution < -0.4 is 5.32 Å².